The third-order valence-electron chi connectivity index (χ3n) is 2.49. The number of methoxy groups -OCH3 is 1. The molecule has 1 amide bonds. The Balaban J connectivity index is 2.38. The van der Waals surface area contributed by atoms with Gasteiger partial charge in [0.15, 0.2) is 0 Å². The highest BCUT2D eigenvalue weighted by molar-refractivity contribution is 5.90. The summed E-state index contributed by atoms with van der Waals surface area (Å²) in [6.07, 6.45) is 3.37. The van der Waals surface area contributed by atoms with Crippen LogP contribution in [0.3, 0.4) is 0 Å². The van der Waals surface area contributed by atoms with E-state index in [9.17, 15) is 9.59 Å². The Kier molecular flexibility index (Phi) is 6.45. The largest absolute Gasteiger partial charge is 0.469 e. The van der Waals surface area contributed by atoms with Crippen LogP contribution in [0.5, 0.6) is 0 Å². The molecule has 0 fully saturated rings. The lowest BCUT2D eigenvalue weighted by molar-refractivity contribution is -0.141. The lowest BCUT2D eigenvalue weighted by Crippen LogP contribution is -2.35. The molecule has 0 atom stereocenters. The first-order chi connectivity index (χ1) is 9.15. The Morgan fingerprint density at radius 2 is 2.05 bits per heavy atom. The highest BCUT2D eigenvalue weighted by atomic mass is 16.5. The van der Waals surface area contributed by atoms with Crippen LogP contribution in [0.4, 0.5) is 5.95 Å². The van der Waals surface area contributed by atoms with E-state index in [1.54, 1.807) is 18.5 Å². The highest BCUT2D eigenvalue weighted by Gasteiger charge is 2.12. The van der Waals surface area contributed by atoms with E-state index in [4.69, 9.17) is 0 Å². The van der Waals surface area contributed by atoms with Gasteiger partial charge in [-0.15, -0.1) is 0 Å². The SMILES string of the molecule is CCN(CCC(=O)OC)CC(=O)Nc1ncccn1. The summed E-state index contributed by atoms with van der Waals surface area (Å²) in [5.74, 6) is -0.223. The molecule has 0 unspecified atom stereocenters. The summed E-state index contributed by atoms with van der Waals surface area (Å²) in [5.41, 5.74) is 0. The minimum Gasteiger partial charge on any atom is -0.469 e. The molecule has 0 saturated heterocycles. The molecule has 1 aromatic heterocycles. The van der Waals surface area contributed by atoms with Crippen LogP contribution in [0, 0.1) is 0 Å². The fraction of sp³-hybridized carbons (Fsp3) is 0.500. The minimum atomic E-state index is -0.287. The average molecular weight is 266 g/mol. The van der Waals surface area contributed by atoms with Crippen molar-refractivity contribution in [3.63, 3.8) is 0 Å². The molecular weight excluding hydrogens is 248 g/mol. The molecule has 0 spiro atoms. The molecule has 0 aliphatic carbocycles. The molecule has 104 valence electrons. The second-order valence-electron chi connectivity index (χ2n) is 3.82. The molecule has 1 heterocycles. The average Bonchev–Trinajstić information content (AvgIpc) is 2.44. The zero-order valence-electron chi connectivity index (χ0n) is 11.1. The van der Waals surface area contributed by atoms with Crippen molar-refractivity contribution in [3.8, 4) is 0 Å². The molecule has 7 nitrogen and oxygen atoms in total. The number of aromatic nitrogens is 2. The van der Waals surface area contributed by atoms with E-state index < -0.39 is 0 Å². The second-order valence-corrected chi connectivity index (χ2v) is 3.82. The van der Waals surface area contributed by atoms with E-state index in [1.165, 1.54) is 7.11 Å². The third-order valence-corrected chi connectivity index (χ3v) is 2.49. The van der Waals surface area contributed by atoms with Gasteiger partial charge in [-0.2, -0.15) is 0 Å². The van der Waals surface area contributed by atoms with Gasteiger partial charge in [0.1, 0.15) is 0 Å². The third kappa shape index (κ3) is 5.91. The van der Waals surface area contributed by atoms with Gasteiger partial charge in [0.05, 0.1) is 20.1 Å². The zero-order chi connectivity index (χ0) is 14.1. The van der Waals surface area contributed by atoms with Crippen molar-refractivity contribution in [1.82, 2.24) is 14.9 Å². The van der Waals surface area contributed by atoms with Crippen molar-refractivity contribution in [1.29, 1.82) is 0 Å². The van der Waals surface area contributed by atoms with E-state index in [1.807, 2.05) is 11.8 Å². The normalized spacial score (nSPS) is 10.3. The van der Waals surface area contributed by atoms with Crippen molar-refractivity contribution in [2.45, 2.75) is 13.3 Å². The Morgan fingerprint density at radius 1 is 1.37 bits per heavy atom. The van der Waals surface area contributed by atoms with Crippen LogP contribution >= 0.6 is 0 Å². The minimum absolute atomic E-state index is 0.186. The number of rotatable bonds is 7. The van der Waals surface area contributed by atoms with E-state index in [0.717, 1.165) is 0 Å². The summed E-state index contributed by atoms with van der Waals surface area (Å²) in [5, 5.41) is 2.59. The van der Waals surface area contributed by atoms with Crippen molar-refractivity contribution in [3.05, 3.63) is 18.5 Å². The van der Waals surface area contributed by atoms with Gasteiger partial charge >= 0.3 is 5.97 Å². The Hall–Kier alpha value is -2.02. The van der Waals surface area contributed by atoms with Gasteiger partial charge in [0.25, 0.3) is 0 Å². The maximum atomic E-state index is 11.7. The standard InChI is InChI=1S/C12H18N4O3/c1-3-16(8-5-11(18)19-2)9-10(17)15-12-13-6-4-7-14-12/h4,6-7H,3,5,8-9H2,1-2H3,(H,13,14,15,17). The van der Waals surface area contributed by atoms with E-state index >= 15 is 0 Å². The molecule has 1 rings (SSSR count). The molecule has 0 aromatic carbocycles. The van der Waals surface area contributed by atoms with E-state index in [-0.39, 0.29) is 30.8 Å². The predicted molar refractivity (Wildman–Crippen MR) is 69.4 cm³/mol. The molecule has 0 aliphatic rings. The lowest BCUT2D eigenvalue weighted by Gasteiger charge is -2.18. The fourth-order valence-corrected chi connectivity index (χ4v) is 1.43. The predicted octanol–water partition coefficient (Wildman–Crippen LogP) is 0.300. The number of anilines is 1. The number of nitrogens with one attached hydrogen (secondary N) is 1. The lowest BCUT2D eigenvalue weighted by atomic mass is 10.3. The molecule has 19 heavy (non-hydrogen) atoms. The van der Waals surface area contributed by atoms with Gasteiger partial charge in [-0.05, 0) is 12.6 Å². The van der Waals surface area contributed by atoms with Gasteiger partial charge in [0.2, 0.25) is 11.9 Å². The maximum Gasteiger partial charge on any atom is 0.306 e. The van der Waals surface area contributed by atoms with Gasteiger partial charge in [-0.25, -0.2) is 9.97 Å². The van der Waals surface area contributed by atoms with Crippen molar-refractivity contribution in [2.75, 3.05) is 32.1 Å². The van der Waals surface area contributed by atoms with Crippen LogP contribution in [0.1, 0.15) is 13.3 Å². The van der Waals surface area contributed by atoms with Crippen molar-refractivity contribution in [2.24, 2.45) is 0 Å². The summed E-state index contributed by atoms with van der Waals surface area (Å²) >= 11 is 0. The summed E-state index contributed by atoms with van der Waals surface area (Å²) in [7, 11) is 1.35. The van der Waals surface area contributed by atoms with Crippen LogP contribution in [0.15, 0.2) is 18.5 Å². The fourth-order valence-electron chi connectivity index (χ4n) is 1.43. The van der Waals surface area contributed by atoms with Gasteiger partial charge in [0, 0.05) is 18.9 Å². The molecule has 0 radical (unpaired) electrons. The summed E-state index contributed by atoms with van der Waals surface area (Å²) < 4.78 is 4.56. The van der Waals surface area contributed by atoms with Gasteiger partial charge in [-0.3, -0.25) is 19.8 Å². The van der Waals surface area contributed by atoms with Crippen LogP contribution in [-0.2, 0) is 14.3 Å². The smallest absolute Gasteiger partial charge is 0.306 e. The first-order valence-electron chi connectivity index (χ1n) is 6.01. The number of amides is 1. The van der Waals surface area contributed by atoms with E-state index in [0.29, 0.717) is 13.1 Å². The van der Waals surface area contributed by atoms with Crippen LogP contribution in [0.2, 0.25) is 0 Å². The van der Waals surface area contributed by atoms with Crippen LogP contribution in [0.25, 0.3) is 0 Å². The monoisotopic (exact) mass is 266 g/mol. The van der Waals surface area contributed by atoms with Crippen molar-refractivity contribution >= 4 is 17.8 Å². The topological polar surface area (TPSA) is 84.4 Å². The molecule has 1 aromatic rings. The molecule has 0 aliphatic heterocycles. The number of hydrogen-bond donors (Lipinski definition) is 1. The molecular formula is C12H18N4O3. The second kappa shape index (κ2) is 8.15. The van der Waals surface area contributed by atoms with Crippen LogP contribution < -0.4 is 5.32 Å². The molecule has 7 heteroatoms. The first kappa shape index (κ1) is 15.0. The number of carbonyl (C=O) groups is 2. The number of carbonyl (C=O) groups excluding carboxylic acids is 2. The summed E-state index contributed by atoms with van der Waals surface area (Å²) in [6.45, 7) is 3.25. The maximum absolute atomic E-state index is 11.7. The first-order valence-corrected chi connectivity index (χ1v) is 6.01. The molecule has 1 N–H and O–H groups in total. The number of likely N-dealkylation sites (N-methyl/N-ethyl adjacent to an activating group) is 1. The van der Waals surface area contributed by atoms with Crippen molar-refractivity contribution < 1.29 is 14.3 Å². The quantitative estimate of drug-likeness (QED) is 0.714. The number of ether oxygens (including phenoxy) is 1. The summed E-state index contributed by atoms with van der Waals surface area (Å²) in [6, 6.07) is 1.67. The molecule has 0 saturated carbocycles. The Morgan fingerprint density at radius 3 is 2.63 bits per heavy atom. The Labute approximate surface area is 112 Å². The number of esters is 1. The van der Waals surface area contributed by atoms with E-state index in [2.05, 4.69) is 20.0 Å². The number of hydrogen-bond acceptors (Lipinski definition) is 6. The summed E-state index contributed by atoms with van der Waals surface area (Å²) in [4.78, 5) is 32.4. The van der Waals surface area contributed by atoms with Gasteiger partial charge < -0.3 is 4.74 Å². The van der Waals surface area contributed by atoms with Crippen LogP contribution in [-0.4, -0.2) is 53.5 Å². The van der Waals surface area contributed by atoms with Gasteiger partial charge in [-0.1, -0.05) is 6.92 Å². The highest BCUT2D eigenvalue weighted by Crippen LogP contribution is 1.97. The molecule has 0 bridgehead atoms. The zero-order valence-corrected chi connectivity index (χ0v) is 11.1. The number of nitrogens with zero attached hydrogens (tertiary/aromatic N) is 3. The Bertz CT molecular complexity index is 411.